The summed E-state index contributed by atoms with van der Waals surface area (Å²) < 4.78 is 23.7. The molecule has 0 bridgehead atoms. The van der Waals surface area contributed by atoms with E-state index in [0.29, 0.717) is 50.4 Å². The van der Waals surface area contributed by atoms with Crippen molar-refractivity contribution in [2.75, 3.05) is 38.8 Å². The van der Waals surface area contributed by atoms with Crippen molar-refractivity contribution in [1.82, 2.24) is 9.88 Å². The number of imide groups is 1. The van der Waals surface area contributed by atoms with Gasteiger partial charge >= 0.3 is 5.97 Å². The Labute approximate surface area is 254 Å². The zero-order valence-electron chi connectivity index (χ0n) is 24.9. The third-order valence-corrected chi connectivity index (χ3v) is 9.90. The standard InChI is InChI=1S/C31H37N3O8S/c1-18-25(28(36)34(17-35)31(2,3)30(37)38)29(43-26(18)27-32-10-11-41-27)33(4)14-24(22-8-6-7-9-23(22)39-5)42-21-12-19-15-40-16-20(19)13-21/h6-11,17,19-21,24H,12-16H2,1-5H3,(H,37,38). The number of anilines is 1. The van der Waals surface area contributed by atoms with Crippen LogP contribution in [0.2, 0.25) is 0 Å². The van der Waals surface area contributed by atoms with Gasteiger partial charge in [0, 0.05) is 32.4 Å². The van der Waals surface area contributed by atoms with Crippen LogP contribution < -0.4 is 9.64 Å². The molecule has 1 saturated heterocycles. The number of para-hydroxylation sites is 1. The fourth-order valence-corrected chi connectivity index (χ4v) is 7.18. The first-order valence-corrected chi connectivity index (χ1v) is 15.0. The van der Waals surface area contributed by atoms with Gasteiger partial charge in [0.05, 0.1) is 29.9 Å². The number of carbonyl (C=O) groups excluding carboxylic acids is 2. The van der Waals surface area contributed by atoms with Crippen LogP contribution in [0.3, 0.4) is 0 Å². The number of carboxylic acids is 1. The van der Waals surface area contributed by atoms with Crippen LogP contribution in [0.5, 0.6) is 5.75 Å². The number of amides is 2. The summed E-state index contributed by atoms with van der Waals surface area (Å²) in [7, 11) is 3.47. The molecule has 1 N–H and O–H groups in total. The van der Waals surface area contributed by atoms with E-state index < -0.39 is 23.5 Å². The maximum absolute atomic E-state index is 14.0. The van der Waals surface area contributed by atoms with E-state index in [-0.39, 0.29) is 18.1 Å². The summed E-state index contributed by atoms with van der Waals surface area (Å²) in [4.78, 5) is 45.7. The third-order valence-electron chi connectivity index (χ3n) is 8.51. The van der Waals surface area contributed by atoms with Crippen molar-refractivity contribution in [2.24, 2.45) is 11.8 Å². The second kappa shape index (κ2) is 12.5. The monoisotopic (exact) mass is 611 g/mol. The fourth-order valence-electron chi connectivity index (χ4n) is 5.97. The van der Waals surface area contributed by atoms with Crippen LogP contribution in [0, 0.1) is 18.8 Å². The lowest BCUT2D eigenvalue weighted by atomic mass is 10.0. The van der Waals surface area contributed by atoms with Gasteiger partial charge in [-0.05, 0) is 57.1 Å². The number of aliphatic carboxylic acids is 1. The summed E-state index contributed by atoms with van der Waals surface area (Å²) in [6.45, 7) is 6.23. The number of aromatic nitrogens is 1. The Morgan fingerprint density at radius 1 is 1.23 bits per heavy atom. The average Bonchev–Trinajstić information content (AvgIpc) is 3.77. The largest absolute Gasteiger partial charge is 0.496 e. The SMILES string of the molecule is COc1ccccc1C(CN(C)c1sc(-c2ncco2)c(C)c1C(=O)N(C=O)C(C)(C)C(=O)O)OC1CC2COCC2C1. The lowest BCUT2D eigenvalue weighted by Crippen LogP contribution is -2.52. The summed E-state index contributed by atoms with van der Waals surface area (Å²) in [5.74, 6) is -0.0457. The van der Waals surface area contributed by atoms with E-state index in [0.717, 1.165) is 31.6 Å². The van der Waals surface area contributed by atoms with Gasteiger partial charge in [-0.3, -0.25) is 14.5 Å². The topological polar surface area (TPSA) is 132 Å². The van der Waals surface area contributed by atoms with E-state index in [1.54, 1.807) is 14.0 Å². The molecule has 1 saturated carbocycles. The Bertz CT molecular complexity index is 1460. The van der Waals surface area contributed by atoms with Crippen LogP contribution in [0.25, 0.3) is 10.8 Å². The first kappa shape index (κ1) is 30.7. The first-order chi connectivity index (χ1) is 20.6. The third kappa shape index (κ3) is 5.91. The quantitative estimate of drug-likeness (QED) is 0.285. The Morgan fingerprint density at radius 3 is 2.53 bits per heavy atom. The molecule has 1 aliphatic carbocycles. The Balaban J connectivity index is 1.53. The van der Waals surface area contributed by atoms with Crippen molar-refractivity contribution in [3.8, 4) is 16.5 Å². The van der Waals surface area contributed by atoms with Gasteiger partial charge in [-0.15, -0.1) is 11.3 Å². The van der Waals surface area contributed by atoms with Crippen LogP contribution in [0.1, 0.15) is 54.3 Å². The van der Waals surface area contributed by atoms with Crippen LogP contribution in [-0.4, -0.2) is 78.8 Å². The van der Waals surface area contributed by atoms with Crippen molar-refractivity contribution in [1.29, 1.82) is 0 Å². The number of carboxylic acid groups (broad SMARTS) is 1. The maximum atomic E-state index is 14.0. The van der Waals surface area contributed by atoms with Crippen LogP contribution >= 0.6 is 11.3 Å². The molecule has 2 fully saturated rings. The number of hydrogen-bond acceptors (Lipinski definition) is 10. The van der Waals surface area contributed by atoms with Gasteiger partial charge in [0.1, 0.15) is 28.7 Å². The highest BCUT2D eigenvalue weighted by molar-refractivity contribution is 7.20. The number of thiophene rings is 1. The van der Waals surface area contributed by atoms with E-state index >= 15 is 0 Å². The van der Waals surface area contributed by atoms with E-state index in [9.17, 15) is 19.5 Å². The molecule has 11 nitrogen and oxygen atoms in total. The van der Waals surface area contributed by atoms with Crippen molar-refractivity contribution in [2.45, 2.75) is 51.4 Å². The van der Waals surface area contributed by atoms with Crippen molar-refractivity contribution in [3.05, 3.63) is 53.4 Å². The van der Waals surface area contributed by atoms with Crippen LogP contribution in [-0.2, 0) is 19.1 Å². The van der Waals surface area contributed by atoms with Crippen LogP contribution in [0.15, 0.2) is 41.1 Å². The number of fused-ring (bicyclic) bond motifs is 1. The fraction of sp³-hybridized carbons (Fsp3) is 0.484. The van der Waals surface area contributed by atoms with Gasteiger partial charge in [0.15, 0.2) is 0 Å². The van der Waals surface area contributed by atoms with Crippen molar-refractivity contribution in [3.63, 3.8) is 0 Å². The number of carbonyl (C=O) groups is 3. The second-order valence-corrected chi connectivity index (χ2v) is 12.6. The number of hydrogen-bond donors (Lipinski definition) is 1. The van der Waals surface area contributed by atoms with Crippen molar-refractivity contribution >= 4 is 34.6 Å². The van der Waals surface area contributed by atoms with Crippen molar-refractivity contribution < 1.29 is 38.1 Å². The highest BCUT2D eigenvalue weighted by Crippen LogP contribution is 2.44. The summed E-state index contributed by atoms with van der Waals surface area (Å²) >= 11 is 1.29. The zero-order valence-corrected chi connectivity index (χ0v) is 25.8. The minimum absolute atomic E-state index is 0.0400. The summed E-state index contributed by atoms with van der Waals surface area (Å²) in [5.41, 5.74) is -0.167. The number of nitrogens with zero attached hydrogens (tertiary/aromatic N) is 3. The number of oxazole rings is 1. The normalized spacial score (nSPS) is 20.4. The lowest BCUT2D eigenvalue weighted by Gasteiger charge is -2.32. The first-order valence-electron chi connectivity index (χ1n) is 14.2. The Hall–Kier alpha value is -3.74. The molecule has 1 aromatic carbocycles. The number of methoxy groups -OCH3 is 1. The highest BCUT2D eigenvalue weighted by atomic mass is 32.1. The maximum Gasteiger partial charge on any atom is 0.329 e. The summed E-state index contributed by atoms with van der Waals surface area (Å²) in [6, 6.07) is 7.71. The van der Waals surface area contributed by atoms with E-state index in [4.69, 9.17) is 18.6 Å². The number of likely N-dealkylation sites (N-methyl/N-ethyl adjacent to an activating group) is 1. The van der Waals surface area contributed by atoms with E-state index in [1.165, 1.54) is 37.6 Å². The molecule has 2 amide bonds. The molecule has 5 rings (SSSR count). The molecular formula is C31H37N3O8S. The number of ether oxygens (including phenoxy) is 3. The molecule has 3 unspecified atom stereocenters. The Kier molecular flexibility index (Phi) is 8.91. The average molecular weight is 612 g/mol. The lowest BCUT2D eigenvalue weighted by molar-refractivity contribution is -0.150. The molecular weight excluding hydrogens is 574 g/mol. The molecule has 0 radical (unpaired) electrons. The van der Waals surface area contributed by atoms with Gasteiger partial charge in [0.2, 0.25) is 12.3 Å². The summed E-state index contributed by atoms with van der Waals surface area (Å²) in [5, 5.41) is 10.3. The summed E-state index contributed by atoms with van der Waals surface area (Å²) in [6.07, 6.45) is 4.67. The minimum Gasteiger partial charge on any atom is -0.496 e. The predicted molar refractivity (Wildman–Crippen MR) is 159 cm³/mol. The molecule has 3 atom stereocenters. The van der Waals surface area contributed by atoms with Gasteiger partial charge in [-0.2, -0.15) is 0 Å². The van der Waals surface area contributed by atoms with Gasteiger partial charge in [-0.1, -0.05) is 18.2 Å². The second-order valence-electron chi connectivity index (χ2n) is 11.6. The molecule has 12 heteroatoms. The smallest absolute Gasteiger partial charge is 0.329 e. The Morgan fingerprint density at radius 2 is 1.93 bits per heavy atom. The minimum atomic E-state index is -1.78. The highest BCUT2D eigenvalue weighted by Gasteiger charge is 2.42. The molecule has 2 aliphatic rings. The molecule has 2 aromatic heterocycles. The molecule has 43 heavy (non-hydrogen) atoms. The number of rotatable bonds is 12. The van der Waals surface area contributed by atoms with Gasteiger partial charge < -0.3 is 28.6 Å². The van der Waals surface area contributed by atoms with E-state index in [2.05, 4.69) is 4.98 Å². The molecule has 3 aromatic rings. The molecule has 1 aliphatic heterocycles. The van der Waals surface area contributed by atoms with Gasteiger partial charge in [0.25, 0.3) is 5.91 Å². The van der Waals surface area contributed by atoms with Gasteiger partial charge in [-0.25, -0.2) is 9.78 Å². The van der Waals surface area contributed by atoms with E-state index in [1.807, 2.05) is 36.2 Å². The zero-order chi connectivity index (χ0) is 30.9. The molecule has 230 valence electrons. The number of benzene rings is 1. The molecule has 0 spiro atoms. The predicted octanol–water partition coefficient (Wildman–Crippen LogP) is 4.80. The molecule has 3 heterocycles. The van der Waals surface area contributed by atoms with Crippen LogP contribution in [0.4, 0.5) is 5.00 Å².